The fourth-order valence-corrected chi connectivity index (χ4v) is 3.24. The van der Waals surface area contributed by atoms with Crippen molar-refractivity contribution in [1.29, 1.82) is 0 Å². The second-order valence-electron chi connectivity index (χ2n) is 7.28. The Balaban J connectivity index is 1.81. The van der Waals surface area contributed by atoms with Gasteiger partial charge in [-0.2, -0.15) is 0 Å². The van der Waals surface area contributed by atoms with Crippen molar-refractivity contribution in [3.05, 3.63) is 81.1 Å². The van der Waals surface area contributed by atoms with Gasteiger partial charge in [0.2, 0.25) is 5.91 Å². The van der Waals surface area contributed by atoms with E-state index in [0.717, 1.165) is 9.25 Å². The van der Waals surface area contributed by atoms with Gasteiger partial charge in [0.1, 0.15) is 11.8 Å². The van der Waals surface area contributed by atoms with E-state index in [0.29, 0.717) is 16.9 Å². The maximum Gasteiger partial charge on any atom is 0.356 e. The molecule has 0 aliphatic rings. The first kappa shape index (κ1) is 23.4. The van der Waals surface area contributed by atoms with Gasteiger partial charge in [0.15, 0.2) is 0 Å². The van der Waals surface area contributed by atoms with Crippen LogP contribution in [0.15, 0.2) is 64.2 Å². The number of nitrogens with one attached hydrogen (secondary N) is 2. The molecule has 1 atom stereocenters. The van der Waals surface area contributed by atoms with E-state index in [9.17, 15) is 29.1 Å². The van der Waals surface area contributed by atoms with Crippen molar-refractivity contribution >= 4 is 17.7 Å². The summed E-state index contributed by atoms with van der Waals surface area (Å²) < 4.78 is 2.04. The van der Waals surface area contributed by atoms with E-state index in [1.807, 2.05) is 0 Å². The minimum atomic E-state index is -1.25. The highest BCUT2D eigenvalue weighted by molar-refractivity contribution is 5.88. The molecule has 0 fully saturated rings. The summed E-state index contributed by atoms with van der Waals surface area (Å²) >= 11 is 0. The Labute approximate surface area is 187 Å². The van der Waals surface area contributed by atoms with Crippen LogP contribution in [0.5, 0.6) is 0 Å². The maximum absolute atomic E-state index is 12.8. The van der Waals surface area contributed by atoms with E-state index >= 15 is 0 Å². The standard InChI is InChI=1S/C22H23N5O6/c23-13-17(28)9-10-19(29)24-18(20(30)31)12-14-5-4-8-16(11-14)27-22(33)26(21(32)25-27)15-6-2-1-3-7-15/h1-8,11,18H,9-10,12-13,23H2,(H,24,29)(H,25,32)(H,30,31). The maximum atomic E-state index is 12.8. The molecule has 0 aliphatic heterocycles. The van der Waals surface area contributed by atoms with Crippen LogP contribution in [0.25, 0.3) is 11.4 Å². The number of carbonyl (C=O) groups excluding carboxylic acids is 2. The molecule has 0 spiro atoms. The number of benzene rings is 2. The van der Waals surface area contributed by atoms with Gasteiger partial charge in [-0.1, -0.05) is 30.3 Å². The van der Waals surface area contributed by atoms with Crippen molar-refractivity contribution in [2.24, 2.45) is 5.73 Å². The van der Waals surface area contributed by atoms with Crippen molar-refractivity contribution in [2.45, 2.75) is 25.3 Å². The number of H-pyrrole nitrogens is 1. The number of aromatic nitrogens is 3. The number of aromatic amines is 1. The summed E-state index contributed by atoms with van der Waals surface area (Å²) in [4.78, 5) is 60.1. The number of Topliss-reactive ketones (excluding diaryl/α,β-unsaturated/α-hetero) is 1. The average molecular weight is 453 g/mol. The molecule has 5 N–H and O–H groups in total. The molecule has 33 heavy (non-hydrogen) atoms. The fraction of sp³-hybridized carbons (Fsp3) is 0.227. The number of aliphatic carboxylic acids is 1. The van der Waals surface area contributed by atoms with Gasteiger partial charge in [-0.15, -0.1) is 0 Å². The molecule has 2 aromatic carbocycles. The van der Waals surface area contributed by atoms with Crippen LogP contribution in [0.2, 0.25) is 0 Å². The number of carboxylic acids is 1. The Morgan fingerprint density at radius 2 is 1.70 bits per heavy atom. The number of para-hydroxylation sites is 1. The first-order valence-electron chi connectivity index (χ1n) is 10.1. The SMILES string of the molecule is NCC(=O)CCC(=O)NC(Cc1cccc(-n2[nH]c(=O)n(-c3ccccc3)c2=O)c1)C(=O)O. The number of carboxylic acid groups (broad SMARTS) is 1. The Morgan fingerprint density at radius 1 is 1.00 bits per heavy atom. The topological polar surface area (TPSA) is 169 Å². The van der Waals surface area contributed by atoms with Crippen molar-refractivity contribution in [3.8, 4) is 11.4 Å². The third kappa shape index (κ3) is 5.71. The molecule has 1 aromatic heterocycles. The van der Waals surface area contributed by atoms with Crippen molar-refractivity contribution in [3.63, 3.8) is 0 Å². The Kier molecular flexibility index (Phi) is 7.36. The molecule has 1 amide bonds. The quantitative estimate of drug-likeness (QED) is 0.328. The van der Waals surface area contributed by atoms with Crippen LogP contribution in [0.4, 0.5) is 0 Å². The number of nitrogens with zero attached hydrogens (tertiary/aromatic N) is 2. The molecule has 11 heteroatoms. The van der Waals surface area contributed by atoms with E-state index < -0.39 is 29.3 Å². The third-order valence-electron chi connectivity index (χ3n) is 4.91. The number of rotatable bonds is 10. The largest absolute Gasteiger partial charge is 0.480 e. The Morgan fingerprint density at radius 3 is 2.36 bits per heavy atom. The minimum Gasteiger partial charge on any atom is -0.480 e. The summed E-state index contributed by atoms with van der Waals surface area (Å²) in [5.41, 5.74) is 5.21. The molecular weight excluding hydrogens is 430 g/mol. The van der Waals surface area contributed by atoms with Gasteiger partial charge < -0.3 is 16.2 Å². The first-order chi connectivity index (χ1) is 15.8. The summed E-state index contributed by atoms with van der Waals surface area (Å²) in [5, 5.41) is 14.4. The van der Waals surface area contributed by atoms with Gasteiger partial charge in [-0.05, 0) is 29.8 Å². The molecule has 3 rings (SSSR count). The summed E-state index contributed by atoms with van der Waals surface area (Å²) in [7, 11) is 0. The second kappa shape index (κ2) is 10.4. The normalized spacial score (nSPS) is 11.7. The molecule has 1 unspecified atom stereocenters. The zero-order chi connectivity index (χ0) is 24.0. The number of hydrogen-bond donors (Lipinski definition) is 4. The van der Waals surface area contributed by atoms with Crippen LogP contribution < -0.4 is 22.4 Å². The van der Waals surface area contributed by atoms with Gasteiger partial charge in [0.25, 0.3) is 0 Å². The molecule has 0 radical (unpaired) electrons. The van der Waals surface area contributed by atoms with Crippen LogP contribution >= 0.6 is 0 Å². The molecule has 172 valence electrons. The molecule has 0 bridgehead atoms. The van der Waals surface area contributed by atoms with E-state index in [-0.39, 0.29) is 31.6 Å². The van der Waals surface area contributed by atoms with Crippen LogP contribution in [0.3, 0.4) is 0 Å². The monoisotopic (exact) mass is 453 g/mol. The first-order valence-corrected chi connectivity index (χ1v) is 10.1. The molecule has 11 nitrogen and oxygen atoms in total. The van der Waals surface area contributed by atoms with E-state index in [2.05, 4.69) is 10.4 Å². The van der Waals surface area contributed by atoms with Crippen LogP contribution in [-0.4, -0.2) is 49.7 Å². The minimum absolute atomic E-state index is 0.0706. The highest BCUT2D eigenvalue weighted by Gasteiger charge is 2.21. The number of hydrogen-bond acceptors (Lipinski definition) is 6. The Bertz CT molecular complexity index is 1270. The average Bonchev–Trinajstić information content (AvgIpc) is 3.11. The van der Waals surface area contributed by atoms with Gasteiger partial charge in [-0.25, -0.2) is 28.7 Å². The second-order valence-corrected chi connectivity index (χ2v) is 7.28. The van der Waals surface area contributed by atoms with Gasteiger partial charge in [0.05, 0.1) is 17.9 Å². The summed E-state index contributed by atoms with van der Waals surface area (Å²) in [5.74, 6) is -2.13. The molecular formula is C22H23N5O6. The molecule has 0 aliphatic carbocycles. The zero-order valence-corrected chi connectivity index (χ0v) is 17.6. The predicted molar refractivity (Wildman–Crippen MR) is 119 cm³/mol. The lowest BCUT2D eigenvalue weighted by molar-refractivity contribution is -0.141. The Hall–Kier alpha value is -4.25. The lowest BCUT2D eigenvalue weighted by Gasteiger charge is -2.15. The zero-order valence-electron chi connectivity index (χ0n) is 17.6. The van der Waals surface area contributed by atoms with Crippen LogP contribution in [-0.2, 0) is 20.8 Å². The fourth-order valence-electron chi connectivity index (χ4n) is 3.24. The van der Waals surface area contributed by atoms with Gasteiger partial charge >= 0.3 is 17.3 Å². The van der Waals surface area contributed by atoms with Crippen molar-refractivity contribution in [2.75, 3.05) is 6.54 Å². The molecule has 1 heterocycles. The lowest BCUT2D eigenvalue weighted by Crippen LogP contribution is -2.42. The smallest absolute Gasteiger partial charge is 0.356 e. The highest BCUT2D eigenvalue weighted by Crippen LogP contribution is 2.11. The van der Waals surface area contributed by atoms with E-state index in [4.69, 9.17) is 5.73 Å². The highest BCUT2D eigenvalue weighted by atomic mass is 16.4. The van der Waals surface area contributed by atoms with E-state index in [1.165, 1.54) is 0 Å². The number of nitrogens with two attached hydrogens (primary N) is 1. The third-order valence-corrected chi connectivity index (χ3v) is 4.91. The summed E-state index contributed by atoms with van der Waals surface area (Å²) in [6.07, 6.45) is -0.305. The van der Waals surface area contributed by atoms with Gasteiger partial charge in [-0.3, -0.25) is 9.59 Å². The predicted octanol–water partition coefficient (Wildman–Crippen LogP) is -0.264. The van der Waals surface area contributed by atoms with Gasteiger partial charge in [0, 0.05) is 19.3 Å². The number of amides is 1. The summed E-state index contributed by atoms with van der Waals surface area (Å²) in [6, 6.07) is 13.5. The van der Waals surface area contributed by atoms with Crippen molar-refractivity contribution in [1.82, 2.24) is 19.7 Å². The summed E-state index contributed by atoms with van der Waals surface area (Å²) in [6.45, 7) is -0.185. The molecule has 3 aromatic rings. The molecule has 0 saturated heterocycles. The number of ketones is 1. The van der Waals surface area contributed by atoms with Crippen molar-refractivity contribution < 1.29 is 19.5 Å². The lowest BCUT2D eigenvalue weighted by atomic mass is 10.0. The van der Waals surface area contributed by atoms with E-state index in [1.54, 1.807) is 54.6 Å². The number of carbonyl (C=O) groups is 3. The molecule has 0 saturated carbocycles. The van der Waals surface area contributed by atoms with Crippen LogP contribution in [0, 0.1) is 0 Å². The van der Waals surface area contributed by atoms with Crippen LogP contribution in [0.1, 0.15) is 18.4 Å².